The predicted octanol–water partition coefficient (Wildman–Crippen LogP) is 2.65. The van der Waals surface area contributed by atoms with Crippen molar-refractivity contribution in [1.29, 1.82) is 0 Å². The normalized spacial score (nSPS) is 10.5. The highest BCUT2D eigenvalue weighted by atomic mass is 35.5. The van der Waals surface area contributed by atoms with Gasteiger partial charge in [-0.3, -0.25) is 0 Å². The van der Waals surface area contributed by atoms with Crippen molar-refractivity contribution in [2.45, 2.75) is 19.3 Å². The Balaban J connectivity index is 2.50. The number of hydrogen-bond donors (Lipinski definition) is 1. The maximum absolute atomic E-state index is 6.11. The van der Waals surface area contributed by atoms with Gasteiger partial charge in [0.25, 0.3) is 0 Å². The van der Waals surface area contributed by atoms with Crippen molar-refractivity contribution in [1.82, 2.24) is 0 Å². The number of benzene rings is 1. The number of para-hydroxylation sites is 1. The number of unbranched alkanes of at least 4 members (excludes halogenated alkanes) is 1. The Morgan fingerprint density at radius 3 is 2.71 bits per heavy atom. The summed E-state index contributed by atoms with van der Waals surface area (Å²) in [5.41, 5.74) is 6.63. The van der Waals surface area contributed by atoms with E-state index in [0.717, 1.165) is 37.2 Å². The molecule has 0 bridgehead atoms. The molecule has 2 N–H and O–H groups in total. The molecule has 1 aromatic carbocycles. The van der Waals surface area contributed by atoms with Crippen molar-refractivity contribution in [3.05, 3.63) is 28.8 Å². The van der Waals surface area contributed by atoms with Crippen LogP contribution in [0.15, 0.2) is 18.2 Å². The molecule has 0 radical (unpaired) electrons. The van der Waals surface area contributed by atoms with E-state index in [9.17, 15) is 0 Å². The molecule has 0 heterocycles. The molecule has 0 aliphatic heterocycles. The summed E-state index contributed by atoms with van der Waals surface area (Å²) >= 11 is 6.11. The summed E-state index contributed by atoms with van der Waals surface area (Å²) in [5, 5.41) is 0.655. The molecule has 0 unspecified atom stereocenters. The molecule has 0 fully saturated rings. The van der Waals surface area contributed by atoms with Gasteiger partial charge < -0.3 is 15.2 Å². The minimum atomic E-state index is 0.598. The molecule has 0 amide bonds. The second kappa shape index (κ2) is 8.34. The SMILES string of the molecule is COCCCCOc1c(Cl)cccc1CCN. The van der Waals surface area contributed by atoms with E-state index < -0.39 is 0 Å². The summed E-state index contributed by atoms with van der Waals surface area (Å²) in [6.45, 7) is 2.02. The van der Waals surface area contributed by atoms with Crippen LogP contribution in [0, 0.1) is 0 Å². The lowest BCUT2D eigenvalue weighted by atomic mass is 10.1. The first-order chi connectivity index (χ1) is 8.29. The van der Waals surface area contributed by atoms with E-state index in [1.54, 1.807) is 7.11 Å². The van der Waals surface area contributed by atoms with Gasteiger partial charge in [0.1, 0.15) is 5.75 Å². The lowest BCUT2D eigenvalue weighted by molar-refractivity contribution is 0.184. The van der Waals surface area contributed by atoms with Crippen LogP contribution in [0.25, 0.3) is 0 Å². The highest BCUT2D eigenvalue weighted by Crippen LogP contribution is 2.29. The molecule has 0 spiro atoms. The van der Waals surface area contributed by atoms with E-state index in [1.165, 1.54) is 0 Å². The summed E-state index contributed by atoms with van der Waals surface area (Å²) in [5.74, 6) is 0.775. The van der Waals surface area contributed by atoms with Crippen LogP contribution in [0.4, 0.5) is 0 Å². The largest absolute Gasteiger partial charge is 0.492 e. The van der Waals surface area contributed by atoms with E-state index in [-0.39, 0.29) is 0 Å². The van der Waals surface area contributed by atoms with Gasteiger partial charge in [-0.25, -0.2) is 0 Å². The maximum Gasteiger partial charge on any atom is 0.141 e. The molecule has 1 aromatic rings. The van der Waals surface area contributed by atoms with Gasteiger partial charge in [0.15, 0.2) is 0 Å². The first-order valence-electron chi connectivity index (χ1n) is 5.88. The molecule has 1 rings (SSSR count). The molecule has 17 heavy (non-hydrogen) atoms. The van der Waals surface area contributed by atoms with Crippen LogP contribution in [-0.4, -0.2) is 26.9 Å². The zero-order valence-electron chi connectivity index (χ0n) is 10.2. The van der Waals surface area contributed by atoms with Gasteiger partial charge in [0.05, 0.1) is 11.6 Å². The van der Waals surface area contributed by atoms with E-state index in [4.69, 9.17) is 26.8 Å². The lowest BCUT2D eigenvalue weighted by Crippen LogP contribution is -2.07. The Morgan fingerprint density at radius 2 is 2.00 bits per heavy atom. The highest BCUT2D eigenvalue weighted by Gasteiger charge is 2.07. The van der Waals surface area contributed by atoms with Crippen molar-refractivity contribution in [2.75, 3.05) is 26.9 Å². The molecule has 96 valence electrons. The van der Waals surface area contributed by atoms with Crippen LogP contribution < -0.4 is 10.5 Å². The topological polar surface area (TPSA) is 44.5 Å². The van der Waals surface area contributed by atoms with Crippen LogP contribution >= 0.6 is 11.6 Å². The van der Waals surface area contributed by atoms with Crippen LogP contribution in [0.2, 0.25) is 5.02 Å². The van der Waals surface area contributed by atoms with E-state index in [2.05, 4.69) is 0 Å². The van der Waals surface area contributed by atoms with E-state index >= 15 is 0 Å². The fraction of sp³-hybridized carbons (Fsp3) is 0.538. The molecule has 0 aliphatic rings. The van der Waals surface area contributed by atoms with Gasteiger partial charge in [-0.1, -0.05) is 23.7 Å². The zero-order valence-corrected chi connectivity index (χ0v) is 11.0. The van der Waals surface area contributed by atoms with E-state index in [0.29, 0.717) is 18.2 Å². The van der Waals surface area contributed by atoms with Gasteiger partial charge in [-0.05, 0) is 37.4 Å². The minimum absolute atomic E-state index is 0.598. The van der Waals surface area contributed by atoms with Crippen molar-refractivity contribution < 1.29 is 9.47 Å². The number of halogens is 1. The Hall–Kier alpha value is -0.770. The predicted molar refractivity (Wildman–Crippen MR) is 70.8 cm³/mol. The first-order valence-corrected chi connectivity index (χ1v) is 6.26. The summed E-state index contributed by atoms with van der Waals surface area (Å²) in [7, 11) is 1.70. The number of methoxy groups -OCH3 is 1. The van der Waals surface area contributed by atoms with Gasteiger partial charge in [0, 0.05) is 13.7 Å². The Bertz CT molecular complexity index is 331. The van der Waals surface area contributed by atoms with E-state index in [1.807, 2.05) is 18.2 Å². The summed E-state index contributed by atoms with van der Waals surface area (Å²) < 4.78 is 10.7. The molecular formula is C13H20ClNO2. The number of rotatable bonds is 8. The van der Waals surface area contributed by atoms with Crippen molar-refractivity contribution in [3.63, 3.8) is 0 Å². The van der Waals surface area contributed by atoms with Crippen molar-refractivity contribution >= 4 is 11.6 Å². The van der Waals surface area contributed by atoms with Gasteiger partial charge in [-0.2, -0.15) is 0 Å². The van der Waals surface area contributed by atoms with Gasteiger partial charge in [-0.15, -0.1) is 0 Å². The molecule has 4 heteroatoms. The lowest BCUT2D eigenvalue weighted by Gasteiger charge is -2.12. The van der Waals surface area contributed by atoms with Crippen LogP contribution in [0.5, 0.6) is 5.75 Å². The molecule has 0 saturated heterocycles. The van der Waals surface area contributed by atoms with Crippen LogP contribution in [0.1, 0.15) is 18.4 Å². The second-order valence-corrected chi connectivity index (χ2v) is 4.22. The third-order valence-corrected chi connectivity index (χ3v) is 2.75. The second-order valence-electron chi connectivity index (χ2n) is 3.82. The molecule has 3 nitrogen and oxygen atoms in total. The van der Waals surface area contributed by atoms with Crippen LogP contribution in [0.3, 0.4) is 0 Å². The zero-order chi connectivity index (χ0) is 12.5. The number of hydrogen-bond acceptors (Lipinski definition) is 3. The Labute approximate surface area is 108 Å². The summed E-state index contributed by atoms with van der Waals surface area (Å²) in [6.07, 6.45) is 2.74. The minimum Gasteiger partial charge on any atom is -0.492 e. The molecular weight excluding hydrogens is 238 g/mol. The fourth-order valence-corrected chi connectivity index (χ4v) is 1.84. The average molecular weight is 258 g/mol. The smallest absolute Gasteiger partial charge is 0.141 e. The third-order valence-electron chi connectivity index (χ3n) is 2.45. The molecule has 0 saturated carbocycles. The quantitative estimate of drug-likeness (QED) is 0.728. The monoisotopic (exact) mass is 257 g/mol. The van der Waals surface area contributed by atoms with Gasteiger partial charge >= 0.3 is 0 Å². The molecule has 0 atom stereocenters. The highest BCUT2D eigenvalue weighted by molar-refractivity contribution is 6.32. The standard InChI is InChI=1S/C13H20ClNO2/c1-16-9-2-3-10-17-13-11(7-8-15)5-4-6-12(13)14/h4-6H,2-3,7-10,15H2,1H3. The molecule has 0 aromatic heterocycles. The first kappa shape index (κ1) is 14.3. The number of nitrogens with two attached hydrogens (primary N) is 1. The van der Waals surface area contributed by atoms with Crippen molar-refractivity contribution in [2.24, 2.45) is 5.73 Å². The Morgan fingerprint density at radius 1 is 1.24 bits per heavy atom. The van der Waals surface area contributed by atoms with Crippen molar-refractivity contribution in [3.8, 4) is 5.75 Å². The van der Waals surface area contributed by atoms with Gasteiger partial charge in [0.2, 0.25) is 0 Å². The molecule has 0 aliphatic carbocycles. The Kier molecular flexibility index (Phi) is 7.01. The fourth-order valence-electron chi connectivity index (χ4n) is 1.59. The maximum atomic E-state index is 6.11. The van der Waals surface area contributed by atoms with Crippen LogP contribution in [-0.2, 0) is 11.2 Å². The summed E-state index contributed by atoms with van der Waals surface area (Å²) in [6, 6.07) is 5.76. The number of ether oxygens (including phenoxy) is 2. The third kappa shape index (κ3) is 4.94. The summed E-state index contributed by atoms with van der Waals surface area (Å²) in [4.78, 5) is 0. The average Bonchev–Trinajstić information content (AvgIpc) is 2.32.